The van der Waals surface area contributed by atoms with Crippen LogP contribution in [0.1, 0.15) is 59.8 Å². The van der Waals surface area contributed by atoms with Gasteiger partial charge < -0.3 is 14.9 Å². The van der Waals surface area contributed by atoms with Gasteiger partial charge in [0.15, 0.2) is 11.4 Å². The van der Waals surface area contributed by atoms with Gasteiger partial charge in [-0.3, -0.25) is 14.4 Å². The van der Waals surface area contributed by atoms with Crippen molar-refractivity contribution in [1.82, 2.24) is 0 Å². The van der Waals surface area contributed by atoms with Crippen LogP contribution < -0.4 is 0 Å². The molecule has 2 unspecified atom stereocenters. The molecule has 0 saturated heterocycles. The van der Waals surface area contributed by atoms with Crippen LogP contribution in [-0.2, 0) is 19.1 Å². The normalized spacial score (nSPS) is 47.4. The zero-order valence-electron chi connectivity index (χ0n) is 20.1. The van der Waals surface area contributed by atoms with Crippen LogP contribution >= 0.6 is 11.6 Å². The summed E-state index contributed by atoms with van der Waals surface area (Å²) >= 11 is 7.33. The predicted octanol–water partition coefficient (Wildman–Crippen LogP) is 3.46. The Kier molecular flexibility index (Phi) is 6.19. The maximum atomic E-state index is 15.6. The third-order valence-electron chi connectivity index (χ3n) is 9.46. The molecule has 2 N–H and O–H groups in total. The summed E-state index contributed by atoms with van der Waals surface area (Å²) in [6.07, 6.45) is 2.75. The summed E-state index contributed by atoms with van der Waals surface area (Å²) in [6, 6.07) is 0. The molecule has 6 nitrogen and oxygen atoms in total. The molecule has 0 heterocycles. The average molecular weight is 497 g/mol. The molecule has 4 aliphatic carbocycles. The minimum absolute atomic E-state index is 0.0115. The van der Waals surface area contributed by atoms with Gasteiger partial charge in [-0.1, -0.05) is 33.8 Å². The highest BCUT2D eigenvalue weighted by atomic mass is 35.5. The first-order valence-electron chi connectivity index (χ1n) is 12.2. The molecule has 0 bridgehead atoms. The Balaban J connectivity index is 1.86. The number of ether oxygens (including phenoxy) is 1. The van der Waals surface area contributed by atoms with Crippen LogP contribution in [0.3, 0.4) is 0 Å². The quantitative estimate of drug-likeness (QED) is 0.446. The molecule has 0 aliphatic heterocycles. The summed E-state index contributed by atoms with van der Waals surface area (Å²) in [6.45, 7) is 6.38. The number of carbonyl (C=O) groups excluding carboxylic acids is 3. The van der Waals surface area contributed by atoms with Gasteiger partial charge in [0.25, 0.3) is 0 Å². The van der Waals surface area contributed by atoms with E-state index in [0.717, 1.165) is 0 Å². The van der Waals surface area contributed by atoms with Gasteiger partial charge in [0.05, 0.1) is 11.0 Å². The fraction of sp³-hybridized carbons (Fsp3) is 0.731. The van der Waals surface area contributed by atoms with Gasteiger partial charge >= 0.3 is 5.97 Å². The summed E-state index contributed by atoms with van der Waals surface area (Å²) in [5, 5.41) is 21.5. The highest BCUT2D eigenvalue weighted by Gasteiger charge is 2.77. The molecule has 4 rings (SSSR count). The van der Waals surface area contributed by atoms with E-state index in [1.165, 1.54) is 12.2 Å². The number of alkyl halides is 2. The number of aliphatic hydroxyl groups is 2. The Labute approximate surface area is 204 Å². The highest BCUT2D eigenvalue weighted by Crippen LogP contribution is 2.72. The summed E-state index contributed by atoms with van der Waals surface area (Å²) in [7, 11) is 0. The van der Waals surface area contributed by atoms with Crippen LogP contribution in [0.2, 0.25) is 0 Å². The van der Waals surface area contributed by atoms with E-state index < -0.39 is 63.8 Å². The summed E-state index contributed by atoms with van der Waals surface area (Å²) in [5.41, 5.74) is -3.52. The van der Waals surface area contributed by atoms with Gasteiger partial charge in [-0.2, -0.15) is 0 Å². The highest BCUT2D eigenvalue weighted by molar-refractivity contribution is 6.26. The summed E-state index contributed by atoms with van der Waals surface area (Å²) in [4.78, 5) is 36.7. The molecule has 188 valence electrons. The van der Waals surface area contributed by atoms with Crippen molar-refractivity contribution in [1.29, 1.82) is 0 Å². The molecule has 8 heteroatoms. The topological polar surface area (TPSA) is 101 Å². The van der Waals surface area contributed by atoms with E-state index in [1.54, 1.807) is 26.8 Å². The maximum absolute atomic E-state index is 15.6. The van der Waals surface area contributed by atoms with Crippen molar-refractivity contribution in [3.05, 3.63) is 23.8 Å². The SMILES string of the molecule is CCCC(=O)O[C@@]1(C(=O)CO)C(C)C[C@H]2[C@@H]3CC(F)C4=CC(=O)C=C[C@]4(C)[C@@]3(Cl)[C@@H](O)C[C@@]21C. The molecule has 0 aromatic rings. The zero-order valence-corrected chi connectivity index (χ0v) is 20.9. The molecule has 3 fully saturated rings. The van der Waals surface area contributed by atoms with Crippen molar-refractivity contribution in [3.63, 3.8) is 0 Å². The summed E-state index contributed by atoms with van der Waals surface area (Å²) in [5.74, 6) is -2.82. The monoisotopic (exact) mass is 496 g/mol. The molecule has 34 heavy (non-hydrogen) atoms. The van der Waals surface area contributed by atoms with E-state index in [4.69, 9.17) is 16.3 Å². The van der Waals surface area contributed by atoms with Crippen molar-refractivity contribution in [2.45, 2.75) is 82.5 Å². The lowest BCUT2D eigenvalue weighted by Gasteiger charge is -2.64. The lowest BCUT2D eigenvalue weighted by molar-refractivity contribution is -0.203. The Morgan fingerprint density at radius 3 is 2.56 bits per heavy atom. The van der Waals surface area contributed by atoms with Crippen molar-refractivity contribution in [3.8, 4) is 0 Å². The third kappa shape index (κ3) is 3.02. The van der Waals surface area contributed by atoms with Gasteiger partial charge in [0, 0.05) is 23.2 Å². The van der Waals surface area contributed by atoms with Crippen LogP contribution in [0.25, 0.3) is 0 Å². The van der Waals surface area contributed by atoms with Gasteiger partial charge in [-0.15, -0.1) is 11.6 Å². The Bertz CT molecular complexity index is 978. The molecule has 0 aromatic heterocycles. The third-order valence-corrected chi connectivity index (χ3v) is 10.4. The minimum Gasteiger partial charge on any atom is -0.450 e. The van der Waals surface area contributed by atoms with Gasteiger partial charge in [-0.05, 0) is 55.2 Å². The first-order chi connectivity index (χ1) is 15.8. The van der Waals surface area contributed by atoms with Crippen LogP contribution in [0.5, 0.6) is 0 Å². The molecule has 0 aromatic carbocycles. The van der Waals surface area contributed by atoms with Crippen molar-refractivity contribution in [2.75, 3.05) is 6.61 Å². The Morgan fingerprint density at radius 2 is 1.94 bits per heavy atom. The van der Waals surface area contributed by atoms with E-state index in [9.17, 15) is 24.6 Å². The number of ketones is 2. The predicted molar refractivity (Wildman–Crippen MR) is 124 cm³/mol. The fourth-order valence-corrected chi connectivity index (χ4v) is 8.43. The minimum atomic E-state index is -1.64. The number of carbonyl (C=O) groups is 3. The van der Waals surface area contributed by atoms with Gasteiger partial charge in [0.1, 0.15) is 12.8 Å². The van der Waals surface area contributed by atoms with E-state index in [2.05, 4.69) is 0 Å². The molecule has 4 aliphatic rings. The second-order valence-corrected chi connectivity index (χ2v) is 11.7. The lowest BCUT2D eigenvalue weighted by Crippen LogP contribution is -2.70. The Hall–Kier alpha value is -1.57. The first kappa shape index (κ1) is 25.5. The number of allylic oxidation sites excluding steroid dienone is 4. The average Bonchev–Trinajstić information content (AvgIpc) is 2.99. The molecule has 3 saturated carbocycles. The number of rotatable bonds is 5. The van der Waals surface area contributed by atoms with E-state index >= 15 is 4.39 Å². The molecule has 9 atom stereocenters. The number of hydrogen-bond donors (Lipinski definition) is 2. The number of aliphatic hydroxyl groups excluding tert-OH is 2. The van der Waals surface area contributed by atoms with Crippen molar-refractivity contribution < 1.29 is 33.7 Å². The van der Waals surface area contributed by atoms with Crippen molar-refractivity contribution in [2.24, 2.45) is 28.6 Å². The van der Waals surface area contributed by atoms with E-state index in [-0.39, 0.29) is 36.5 Å². The van der Waals surface area contributed by atoms with E-state index in [1.807, 2.05) is 6.92 Å². The largest absolute Gasteiger partial charge is 0.450 e. The van der Waals surface area contributed by atoms with Gasteiger partial charge in [0.2, 0.25) is 5.78 Å². The van der Waals surface area contributed by atoms with Crippen molar-refractivity contribution >= 4 is 29.1 Å². The fourth-order valence-electron chi connectivity index (χ4n) is 7.94. The molecular formula is C26H34ClFO6. The molecule has 0 amide bonds. The molecule has 0 spiro atoms. The maximum Gasteiger partial charge on any atom is 0.306 e. The van der Waals surface area contributed by atoms with Crippen LogP contribution in [0, 0.1) is 28.6 Å². The number of halogens is 2. The van der Waals surface area contributed by atoms with Gasteiger partial charge in [-0.25, -0.2) is 4.39 Å². The number of Topliss-reactive ketones (excluding diaryl/α,β-unsaturated/α-hetero) is 1. The second kappa shape index (κ2) is 8.24. The van der Waals surface area contributed by atoms with Crippen LogP contribution in [0.15, 0.2) is 23.8 Å². The zero-order chi connectivity index (χ0) is 25.3. The smallest absolute Gasteiger partial charge is 0.306 e. The Morgan fingerprint density at radius 1 is 1.26 bits per heavy atom. The van der Waals surface area contributed by atoms with Crippen LogP contribution in [0.4, 0.5) is 4.39 Å². The standard InChI is InChI=1S/C26H34ClFO6/c1-5-6-22(33)34-26(21(32)13-29)14(2)9-16-17-11-19(28)18-10-15(30)7-8-23(18,3)25(17,27)20(31)12-24(16,26)4/h7-8,10,14,16-17,19-20,29,31H,5-6,9,11-13H2,1-4H3/t14?,16-,17-,19?,20-,23-,24-,25-,26+/m0/s1. The molecule has 0 radical (unpaired) electrons. The number of hydrogen-bond acceptors (Lipinski definition) is 6. The van der Waals surface area contributed by atoms with Crippen LogP contribution in [-0.4, -0.2) is 57.1 Å². The molecular weight excluding hydrogens is 463 g/mol. The summed E-state index contributed by atoms with van der Waals surface area (Å²) < 4.78 is 21.6. The second-order valence-electron chi connectivity index (χ2n) is 11.0. The first-order valence-corrected chi connectivity index (χ1v) is 12.5. The lowest BCUT2D eigenvalue weighted by atomic mass is 9.45. The number of esters is 1. The number of fused-ring (bicyclic) bond motifs is 5. The van der Waals surface area contributed by atoms with E-state index in [0.29, 0.717) is 12.8 Å².